The van der Waals surface area contributed by atoms with Gasteiger partial charge in [0.25, 0.3) is 0 Å². The van der Waals surface area contributed by atoms with Gasteiger partial charge in [-0.15, -0.1) is 0 Å². The Morgan fingerprint density at radius 1 is 1.27 bits per heavy atom. The Morgan fingerprint density at radius 2 is 1.73 bits per heavy atom. The van der Waals surface area contributed by atoms with Crippen molar-refractivity contribution in [2.24, 2.45) is 5.92 Å². The van der Waals surface area contributed by atoms with Crippen LogP contribution in [0.3, 0.4) is 0 Å². The Kier molecular flexibility index (Phi) is 5.46. The molecule has 0 rings (SSSR count). The van der Waals surface area contributed by atoms with Crippen molar-refractivity contribution < 1.29 is 9.90 Å². The van der Waals surface area contributed by atoms with Crippen LogP contribution in [0.2, 0.25) is 0 Å². The average molecular weight is 215 g/mol. The minimum Gasteiger partial charge on any atom is -0.390 e. The normalized spacial score (nSPS) is 14.7. The van der Waals surface area contributed by atoms with Crippen LogP contribution in [0.1, 0.15) is 48.0 Å². The summed E-state index contributed by atoms with van der Waals surface area (Å²) in [7, 11) is 0. The number of carbonyl (C=O) groups is 1. The Bertz CT molecular complexity index is 204. The van der Waals surface area contributed by atoms with Gasteiger partial charge in [0.2, 0.25) is 0 Å². The molecule has 2 N–H and O–H groups in total. The maximum absolute atomic E-state index is 11.9. The molecule has 0 fully saturated rings. The van der Waals surface area contributed by atoms with Crippen molar-refractivity contribution in [2.75, 3.05) is 0 Å². The molecule has 0 aliphatic carbocycles. The number of ketones is 1. The van der Waals surface area contributed by atoms with Crippen LogP contribution in [0.25, 0.3) is 0 Å². The van der Waals surface area contributed by atoms with Crippen molar-refractivity contribution in [2.45, 2.75) is 65.6 Å². The quantitative estimate of drug-likeness (QED) is 0.709. The Morgan fingerprint density at radius 3 is 2.00 bits per heavy atom. The molecule has 15 heavy (non-hydrogen) atoms. The minimum absolute atomic E-state index is 0.00333. The molecular weight excluding hydrogens is 190 g/mol. The second kappa shape index (κ2) is 5.61. The average Bonchev–Trinajstić information content (AvgIpc) is 1.97. The summed E-state index contributed by atoms with van der Waals surface area (Å²) in [6.07, 6.45) is 0.461. The molecule has 0 aliphatic heterocycles. The molecular formula is C12H25NO2. The van der Waals surface area contributed by atoms with E-state index in [0.29, 0.717) is 6.42 Å². The third-order valence-electron chi connectivity index (χ3n) is 2.15. The van der Waals surface area contributed by atoms with E-state index in [4.69, 9.17) is 0 Å². The summed E-state index contributed by atoms with van der Waals surface area (Å²) in [6, 6.07) is 0.00468. The maximum atomic E-state index is 11.9. The summed E-state index contributed by atoms with van der Waals surface area (Å²) in [6.45, 7) is 11.3. The highest BCUT2D eigenvalue weighted by atomic mass is 16.3. The monoisotopic (exact) mass is 215 g/mol. The van der Waals surface area contributed by atoms with Gasteiger partial charge < -0.3 is 10.4 Å². The Hall–Kier alpha value is -0.410. The van der Waals surface area contributed by atoms with Crippen molar-refractivity contribution in [3.8, 4) is 0 Å². The molecule has 0 aromatic carbocycles. The standard InChI is InChI=1S/C12H25NO2/c1-8(2)11(14)10(13-9(3)4)7-12(5,6)15/h8-10,13,15H,7H2,1-6H3. The fourth-order valence-electron chi connectivity index (χ4n) is 1.55. The van der Waals surface area contributed by atoms with E-state index in [1.807, 2.05) is 27.7 Å². The second-order valence-electron chi connectivity index (χ2n) is 5.45. The SMILES string of the molecule is CC(C)NC(CC(C)(C)O)C(=O)C(C)C. The first-order chi connectivity index (χ1) is 6.63. The van der Waals surface area contributed by atoms with Crippen molar-refractivity contribution in [1.29, 1.82) is 0 Å². The predicted octanol–water partition coefficient (Wildman–Crippen LogP) is 1.74. The van der Waals surface area contributed by atoms with E-state index in [1.54, 1.807) is 13.8 Å². The molecule has 1 unspecified atom stereocenters. The van der Waals surface area contributed by atoms with E-state index in [2.05, 4.69) is 5.32 Å². The molecule has 0 bridgehead atoms. The van der Waals surface area contributed by atoms with E-state index in [-0.39, 0.29) is 23.8 Å². The van der Waals surface area contributed by atoms with Gasteiger partial charge in [-0.1, -0.05) is 27.7 Å². The molecule has 0 amide bonds. The predicted molar refractivity (Wildman–Crippen MR) is 62.8 cm³/mol. The van der Waals surface area contributed by atoms with Gasteiger partial charge in [0.1, 0.15) is 0 Å². The number of Topliss-reactive ketones (excluding diaryl/α,β-unsaturated/α-hetero) is 1. The van der Waals surface area contributed by atoms with Crippen molar-refractivity contribution in [3.05, 3.63) is 0 Å². The van der Waals surface area contributed by atoms with E-state index >= 15 is 0 Å². The second-order valence-corrected chi connectivity index (χ2v) is 5.45. The lowest BCUT2D eigenvalue weighted by molar-refractivity contribution is -0.125. The summed E-state index contributed by atoms with van der Waals surface area (Å²) < 4.78 is 0. The number of rotatable bonds is 6. The fourth-order valence-corrected chi connectivity index (χ4v) is 1.55. The topological polar surface area (TPSA) is 49.3 Å². The van der Waals surface area contributed by atoms with Gasteiger partial charge >= 0.3 is 0 Å². The van der Waals surface area contributed by atoms with Crippen LogP contribution in [0, 0.1) is 5.92 Å². The first kappa shape index (κ1) is 14.6. The number of hydrogen-bond donors (Lipinski definition) is 2. The van der Waals surface area contributed by atoms with E-state index in [0.717, 1.165) is 0 Å². The summed E-state index contributed by atoms with van der Waals surface area (Å²) in [5.74, 6) is 0.175. The number of aliphatic hydroxyl groups is 1. The lowest BCUT2D eigenvalue weighted by Crippen LogP contribution is -2.46. The lowest BCUT2D eigenvalue weighted by atomic mass is 9.91. The Labute approximate surface area is 93.3 Å². The van der Waals surface area contributed by atoms with Crippen LogP contribution in [0.4, 0.5) is 0 Å². The first-order valence-corrected chi connectivity index (χ1v) is 5.65. The summed E-state index contributed by atoms with van der Waals surface area (Å²) in [4.78, 5) is 11.9. The molecule has 0 aromatic rings. The number of carbonyl (C=O) groups excluding carboxylic acids is 1. The van der Waals surface area contributed by atoms with E-state index in [1.165, 1.54) is 0 Å². The summed E-state index contributed by atoms with van der Waals surface area (Å²) >= 11 is 0. The fraction of sp³-hybridized carbons (Fsp3) is 0.917. The van der Waals surface area contributed by atoms with Gasteiger partial charge in [0.05, 0.1) is 11.6 Å². The van der Waals surface area contributed by atoms with Crippen LogP contribution in [0.15, 0.2) is 0 Å². The zero-order chi connectivity index (χ0) is 12.2. The van der Waals surface area contributed by atoms with Crippen LogP contribution in [0.5, 0.6) is 0 Å². The molecule has 0 saturated carbocycles. The van der Waals surface area contributed by atoms with E-state index in [9.17, 15) is 9.90 Å². The zero-order valence-electron chi connectivity index (χ0n) is 10.8. The first-order valence-electron chi connectivity index (χ1n) is 5.65. The summed E-state index contributed by atoms with van der Waals surface area (Å²) in [5.41, 5.74) is -0.808. The van der Waals surface area contributed by atoms with Crippen LogP contribution in [-0.2, 0) is 4.79 Å². The molecule has 3 nitrogen and oxygen atoms in total. The number of hydrogen-bond acceptors (Lipinski definition) is 3. The molecule has 0 radical (unpaired) electrons. The van der Waals surface area contributed by atoms with Gasteiger partial charge in [-0.3, -0.25) is 4.79 Å². The maximum Gasteiger partial charge on any atom is 0.152 e. The van der Waals surface area contributed by atoms with Gasteiger partial charge in [-0.2, -0.15) is 0 Å². The van der Waals surface area contributed by atoms with Gasteiger partial charge in [-0.25, -0.2) is 0 Å². The highest BCUT2D eigenvalue weighted by molar-refractivity contribution is 5.85. The molecule has 0 heterocycles. The molecule has 3 heteroatoms. The van der Waals surface area contributed by atoms with Gasteiger partial charge in [-0.05, 0) is 20.3 Å². The van der Waals surface area contributed by atoms with Crippen molar-refractivity contribution >= 4 is 5.78 Å². The third-order valence-corrected chi connectivity index (χ3v) is 2.15. The van der Waals surface area contributed by atoms with Gasteiger partial charge in [0.15, 0.2) is 5.78 Å². The third kappa shape index (κ3) is 6.63. The molecule has 0 aromatic heterocycles. The molecule has 90 valence electrons. The molecule has 0 spiro atoms. The molecule has 1 atom stereocenters. The van der Waals surface area contributed by atoms with Crippen molar-refractivity contribution in [1.82, 2.24) is 5.32 Å². The highest BCUT2D eigenvalue weighted by Gasteiger charge is 2.27. The zero-order valence-corrected chi connectivity index (χ0v) is 10.8. The van der Waals surface area contributed by atoms with Crippen LogP contribution >= 0.6 is 0 Å². The number of nitrogens with one attached hydrogen (secondary N) is 1. The van der Waals surface area contributed by atoms with Crippen LogP contribution < -0.4 is 5.32 Å². The van der Waals surface area contributed by atoms with Crippen molar-refractivity contribution in [3.63, 3.8) is 0 Å². The largest absolute Gasteiger partial charge is 0.390 e. The Balaban J connectivity index is 4.52. The van der Waals surface area contributed by atoms with E-state index < -0.39 is 5.60 Å². The smallest absolute Gasteiger partial charge is 0.152 e. The van der Waals surface area contributed by atoms with Gasteiger partial charge in [0, 0.05) is 12.0 Å². The summed E-state index contributed by atoms with van der Waals surface area (Å²) in [5, 5.41) is 12.9. The highest BCUT2D eigenvalue weighted by Crippen LogP contribution is 2.14. The van der Waals surface area contributed by atoms with Crippen LogP contribution in [-0.4, -0.2) is 28.6 Å². The minimum atomic E-state index is -0.808. The molecule has 0 saturated heterocycles. The molecule has 0 aliphatic rings. The lowest BCUT2D eigenvalue weighted by Gasteiger charge is -2.27.